The van der Waals surface area contributed by atoms with Crippen LogP contribution in [0.5, 0.6) is 0 Å². The van der Waals surface area contributed by atoms with Crippen molar-refractivity contribution >= 4 is 46.6 Å². The molecule has 1 amide bonds. The second kappa shape index (κ2) is 5.49. The van der Waals surface area contributed by atoms with Crippen LogP contribution in [0.3, 0.4) is 0 Å². The molecule has 76 valence electrons. The summed E-state index contributed by atoms with van der Waals surface area (Å²) in [4.78, 5) is 11.2. The molecule has 1 rings (SSSR count). The van der Waals surface area contributed by atoms with Crippen LogP contribution in [-0.4, -0.2) is 17.0 Å². The van der Waals surface area contributed by atoms with Gasteiger partial charge in [0.15, 0.2) is 4.84 Å². The summed E-state index contributed by atoms with van der Waals surface area (Å²) in [6.45, 7) is 0. The first-order valence-electron chi connectivity index (χ1n) is 3.86. The van der Waals surface area contributed by atoms with Gasteiger partial charge in [-0.25, -0.2) is 0 Å². The van der Waals surface area contributed by atoms with Crippen LogP contribution in [0.4, 0.5) is 5.69 Å². The van der Waals surface area contributed by atoms with Crippen molar-refractivity contribution in [3.8, 4) is 0 Å². The van der Waals surface area contributed by atoms with Crippen molar-refractivity contribution in [2.24, 2.45) is 0 Å². The molecule has 0 unspecified atom stereocenters. The van der Waals surface area contributed by atoms with Gasteiger partial charge in [-0.05, 0) is 30.5 Å². The predicted octanol–water partition coefficient (Wildman–Crippen LogP) is 3.15. The van der Waals surface area contributed by atoms with E-state index < -0.39 is 10.7 Å². The Balaban J connectivity index is 2.64. The Morgan fingerprint density at radius 1 is 1.36 bits per heavy atom. The molecule has 14 heavy (non-hydrogen) atoms. The van der Waals surface area contributed by atoms with E-state index in [0.29, 0.717) is 5.69 Å². The summed E-state index contributed by atoms with van der Waals surface area (Å²) in [6, 6.07) is 7.44. The maximum atomic E-state index is 11.1. The number of hydrogen-bond donors (Lipinski definition) is 1. The maximum absolute atomic E-state index is 11.1. The van der Waals surface area contributed by atoms with Crippen molar-refractivity contribution in [1.82, 2.24) is 0 Å². The zero-order valence-electron chi connectivity index (χ0n) is 7.46. The van der Waals surface area contributed by atoms with Gasteiger partial charge >= 0.3 is 0 Å². The van der Waals surface area contributed by atoms with Crippen LogP contribution in [0.25, 0.3) is 0 Å². The van der Waals surface area contributed by atoms with Crippen LogP contribution in [0.15, 0.2) is 29.2 Å². The molecule has 0 bridgehead atoms. The molecule has 0 spiro atoms. The molecule has 0 heterocycles. The van der Waals surface area contributed by atoms with Gasteiger partial charge in [0.1, 0.15) is 0 Å². The fraction of sp³-hybridized carbons (Fsp3) is 0.222. The smallest absolute Gasteiger partial charge is 0.257 e. The van der Waals surface area contributed by atoms with Crippen LogP contribution in [-0.2, 0) is 4.79 Å². The van der Waals surface area contributed by atoms with Gasteiger partial charge < -0.3 is 5.32 Å². The van der Waals surface area contributed by atoms with Gasteiger partial charge in [-0.15, -0.1) is 11.8 Å². The topological polar surface area (TPSA) is 29.1 Å². The first-order chi connectivity index (χ1) is 6.63. The molecule has 0 aliphatic rings. The van der Waals surface area contributed by atoms with Crippen LogP contribution < -0.4 is 5.32 Å². The highest BCUT2D eigenvalue weighted by molar-refractivity contribution is 7.98. The molecule has 0 aromatic heterocycles. The molecular formula is C9H9Cl2NOS. The van der Waals surface area contributed by atoms with Crippen molar-refractivity contribution in [3.05, 3.63) is 24.3 Å². The first-order valence-corrected chi connectivity index (χ1v) is 5.96. The zero-order valence-corrected chi connectivity index (χ0v) is 9.79. The Morgan fingerprint density at radius 2 is 1.93 bits per heavy atom. The highest BCUT2D eigenvalue weighted by Gasteiger charge is 2.10. The highest BCUT2D eigenvalue weighted by atomic mass is 35.5. The van der Waals surface area contributed by atoms with Gasteiger partial charge in [-0.1, -0.05) is 23.2 Å². The van der Waals surface area contributed by atoms with Crippen LogP contribution in [0.2, 0.25) is 0 Å². The average Bonchev–Trinajstić information content (AvgIpc) is 2.19. The Labute approximate surface area is 97.0 Å². The fourth-order valence-corrected chi connectivity index (χ4v) is 1.39. The number of thioether (sulfide) groups is 1. The highest BCUT2D eigenvalue weighted by Crippen LogP contribution is 2.18. The maximum Gasteiger partial charge on any atom is 0.257 e. The minimum Gasteiger partial charge on any atom is -0.324 e. The standard InChI is InChI=1S/C9H9Cl2NOS/c1-14-7-4-2-6(3-5-7)12-9(13)8(10)11/h2-5,8H,1H3,(H,12,13). The second-order valence-electron chi connectivity index (χ2n) is 2.52. The summed E-state index contributed by atoms with van der Waals surface area (Å²) in [5.74, 6) is -0.412. The number of carbonyl (C=O) groups excluding carboxylic acids is 1. The molecule has 0 fully saturated rings. The number of benzene rings is 1. The van der Waals surface area contributed by atoms with Gasteiger partial charge in [0.05, 0.1) is 0 Å². The molecule has 0 saturated heterocycles. The number of anilines is 1. The van der Waals surface area contributed by atoms with Gasteiger partial charge in [-0.3, -0.25) is 4.79 Å². The number of nitrogens with one attached hydrogen (secondary N) is 1. The van der Waals surface area contributed by atoms with E-state index in [2.05, 4.69) is 5.32 Å². The lowest BCUT2D eigenvalue weighted by atomic mass is 10.3. The molecule has 1 aromatic rings. The average molecular weight is 250 g/mol. The predicted molar refractivity (Wildman–Crippen MR) is 62.3 cm³/mol. The largest absolute Gasteiger partial charge is 0.324 e. The van der Waals surface area contributed by atoms with E-state index in [1.807, 2.05) is 18.4 Å². The Morgan fingerprint density at radius 3 is 2.36 bits per heavy atom. The van der Waals surface area contributed by atoms with E-state index in [1.165, 1.54) is 0 Å². The van der Waals surface area contributed by atoms with E-state index in [9.17, 15) is 4.79 Å². The van der Waals surface area contributed by atoms with Crippen LogP contribution >= 0.6 is 35.0 Å². The summed E-state index contributed by atoms with van der Waals surface area (Å²) in [7, 11) is 0. The summed E-state index contributed by atoms with van der Waals surface area (Å²) < 4.78 is 0. The van der Waals surface area contributed by atoms with Crippen LogP contribution in [0, 0.1) is 0 Å². The van der Waals surface area contributed by atoms with Crippen molar-refractivity contribution < 1.29 is 4.79 Å². The van der Waals surface area contributed by atoms with Crippen molar-refractivity contribution in [3.63, 3.8) is 0 Å². The zero-order chi connectivity index (χ0) is 10.6. The third-order valence-corrected chi connectivity index (χ3v) is 2.70. The number of hydrogen-bond acceptors (Lipinski definition) is 2. The Bertz CT molecular complexity index is 313. The SMILES string of the molecule is CSc1ccc(NC(=O)C(Cl)Cl)cc1. The third-order valence-electron chi connectivity index (χ3n) is 1.56. The van der Waals surface area contributed by atoms with Crippen molar-refractivity contribution in [2.45, 2.75) is 9.73 Å². The van der Waals surface area contributed by atoms with Gasteiger partial charge in [-0.2, -0.15) is 0 Å². The molecular weight excluding hydrogens is 241 g/mol. The van der Waals surface area contributed by atoms with E-state index in [4.69, 9.17) is 23.2 Å². The second-order valence-corrected chi connectivity index (χ2v) is 4.49. The fourth-order valence-electron chi connectivity index (χ4n) is 0.871. The minimum absolute atomic E-state index is 0.412. The van der Waals surface area contributed by atoms with Gasteiger partial charge in [0, 0.05) is 10.6 Å². The minimum atomic E-state index is -1.03. The lowest BCUT2D eigenvalue weighted by Gasteiger charge is -2.05. The molecule has 0 aliphatic carbocycles. The number of halogens is 2. The Hall–Kier alpha value is -0.380. The summed E-state index contributed by atoms with van der Waals surface area (Å²) in [6.07, 6.45) is 1.99. The molecule has 0 aliphatic heterocycles. The quantitative estimate of drug-likeness (QED) is 0.659. The van der Waals surface area contributed by atoms with Gasteiger partial charge in [0.25, 0.3) is 5.91 Å². The number of amides is 1. The molecule has 0 saturated carbocycles. The normalized spacial score (nSPS) is 10.3. The van der Waals surface area contributed by atoms with E-state index in [0.717, 1.165) is 4.90 Å². The van der Waals surface area contributed by atoms with E-state index in [-0.39, 0.29) is 0 Å². The molecule has 5 heteroatoms. The van der Waals surface area contributed by atoms with E-state index >= 15 is 0 Å². The van der Waals surface area contributed by atoms with Crippen molar-refractivity contribution in [1.29, 1.82) is 0 Å². The third kappa shape index (κ3) is 3.40. The van der Waals surface area contributed by atoms with Gasteiger partial charge in [0.2, 0.25) is 0 Å². The summed E-state index contributed by atoms with van der Waals surface area (Å²) in [5, 5.41) is 2.58. The summed E-state index contributed by atoms with van der Waals surface area (Å²) >= 11 is 12.4. The van der Waals surface area contributed by atoms with E-state index in [1.54, 1.807) is 23.9 Å². The molecule has 0 atom stereocenters. The van der Waals surface area contributed by atoms with Crippen LogP contribution in [0.1, 0.15) is 0 Å². The molecule has 1 aromatic carbocycles. The van der Waals surface area contributed by atoms with Crippen molar-refractivity contribution in [2.75, 3.05) is 11.6 Å². The molecule has 0 radical (unpaired) electrons. The Kier molecular flexibility index (Phi) is 4.58. The summed E-state index contributed by atoms with van der Waals surface area (Å²) in [5.41, 5.74) is 0.694. The molecule has 2 nitrogen and oxygen atoms in total. The number of rotatable bonds is 3. The first kappa shape index (κ1) is 11.7. The number of carbonyl (C=O) groups is 1. The monoisotopic (exact) mass is 249 g/mol. The number of alkyl halides is 2. The lowest BCUT2D eigenvalue weighted by molar-refractivity contribution is -0.114. The molecule has 1 N–H and O–H groups in total. The lowest BCUT2D eigenvalue weighted by Crippen LogP contribution is -2.18.